The molecule has 1 aliphatic heterocycles. The van der Waals surface area contributed by atoms with Crippen molar-refractivity contribution < 1.29 is 34.3 Å². The van der Waals surface area contributed by atoms with Crippen molar-refractivity contribution in [3.05, 3.63) is 47.5 Å². The zero-order valence-electron chi connectivity index (χ0n) is 13.0. The third kappa shape index (κ3) is 2.34. The summed E-state index contributed by atoms with van der Waals surface area (Å²) in [6.45, 7) is 0. The molecular weight excluding hydrogens is 316 g/mol. The average Bonchev–Trinajstić information content (AvgIpc) is 2.57. The highest BCUT2D eigenvalue weighted by Crippen LogP contribution is 2.46. The van der Waals surface area contributed by atoms with Gasteiger partial charge in [-0.25, -0.2) is 0 Å². The molecule has 0 aromatic heterocycles. The maximum atomic E-state index is 12.7. The molecule has 0 bridgehead atoms. The Labute approximate surface area is 137 Å². The number of methoxy groups -OCH3 is 2. The van der Waals surface area contributed by atoms with E-state index in [1.165, 1.54) is 20.3 Å². The van der Waals surface area contributed by atoms with E-state index in [0.717, 1.165) is 6.07 Å². The molecule has 7 heteroatoms. The van der Waals surface area contributed by atoms with Gasteiger partial charge in [-0.2, -0.15) is 0 Å². The molecule has 0 amide bonds. The first-order valence-electron chi connectivity index (χ1n) is 7.09. The van der Waals surface area contributed by atoms with E-state index >= 15 is 0 Å². The van der Waals surface area contributed by atoms with Gasteiger partial charge in [0, 0.05) is 19.2 Å². The number of hydrogen-bond donors (Lipinski definition) is 3. The number of carbonyl (C=O) groups excluding carboxylic acids is 1. The van der Waals surface area contributed by atoms with Gasteiger partial charge < -0.3 is 29.5 Å². The molecule has 3 N–H and O–H groups in total. The summed E-state index contributed by atoms with van der Waals surface area (Å²) in [7, 11) is 2.68. The summed E-state index contributed by atoms with van der Waals surface area (Å²) in [5, 5.41) is 30.2. The standard InChI is InChI=1S/C17H16O7/c1-22-11-5-3-9(4-6-11)16-17(21,23-2)15(20)14-12(19)7-10(18)8-13(14)24-16/h3-8,16,18-19,21H,1-2H3. The maximum Gasteiger partial charge on any atom is 0.274 e. The van der Waals surface area contributed by atoms with E-state index in [0.29, 0.717) is 11.3 Å². The van der Waals surface area contributed by atoms with Gasteiger partial charge in [0.2, 0.25) is 5.78 Å². The highest BCUT2D eigenvalue weighted by molar-refractivity contribution is 6.07. The number of phenolic OH excluding ortho intramolecular Hbond substituents is 2. The minimum absolute atomic E-state index is 0.0416. The molecule has 0 saturated carbocycles. The van der Waals surface area contributed by atoms with E-state index in [2.05, 4.69) is 0 Å². The second kappa shape index (κ2) is 5.70. The molecule has 3 rings (SSSR count). The normalized spacial score (nSPS) is 22.6. The van der Waals surface area contributed by atoms with Crippen molar-refractivity contribution in [1.82, 2.24) is 0 Å². The zero-order valence-corrected chi connectivity index (χ0v) is 13.0. The first-order valence-corrected chi connectivity index (χ1v) is 7.09. The van der Waals surface area contributed by atoms with Crippen LogP contribution in [0.25, 0.3) is 0 Å². The number of benzene rings is 2. The molecule has 1 aliphatic rings. The number of carbonyl (C=O) groups is 1. The summed E-state index contributed by atoms with van der Waals surface area (Å²) in [6.07, 6.45) is -1.19. The van der Waals surface area contributed by atoms with E-state index < -0.39 is 23.4 Å². The van der Waals surface area contributed by atoms with Crippen molar-refractivity contribution in [1.29, 1.82) is 0 Å². The lowest BCUT2D eigenvalue weighted by Gasteiger charge is -2.38. The van der Waals surface area contributed by atoms with Gasteiger partial charge >= 0.3 is 0 Å². The maximum absolute atomic E-state index is 12.7. The molecule has 0 aliphatic carbocycles. The Morgan fingerprint density at radius 3 is 2.38 bits per heavy atom. The van der Waals surface area contributed by atoms with Gasteiger partial charge in [0.1, 0.15) is 28.6 Å². The number of aliphatic hydroxyl groups is 1. The third-order valence-electron chi connectivity index (χ3n) is 3.95. The van der Waals surface area contributed by atoms with Crippen LogP contribution in [-0.4, -0.2) is 41.1 Å². The molecule has 0 spiro atoms. The van der Waals surface area contributed by atoms with Crippen LogP contribution in [0, 0.1) is 0 Å². The molecule has 2 aromatic carbocycles. The number of fused-ring (bicyclic) bond motifs is 1. The lowest BCUT2D eigenvalue weighted by Crippen LogP contribution is -2.51. The highest BCUT2D eigenvalue weighted by atomic mass is 16.7. The van der Waals surface area contributed by atoms with Crippen LogP contribution in [0.4, 0.5) is 0 Å². The summed E-state index contributed by atoms with van der Waals surface area (Å²) >= 11 is 0. The number of ketones is 1. The number of phenols is 2. The molecule has 0 radical (unpaired) electrons. The molecule has 126 valence electrons. The van der Waals surface area contributed by atoms with Gasteiger partial charge in [-0.3, -0.25) is 4.79 Å². The highest BCUT2D eigenvalue weighted by Gasteiger charge is 2.53. The average molecular weight is 332 g/mol. The van der Waals surface area contributed by atoms with Gasteiger partial charge in [-0.05, 0) is 17.7 Å². The fourth-order valence-corrected chi connectivity index (χ4v) is 2.69. The van der Waals surface area contributed by atoms with E-state index in [1.807, 2.05) is 0 Å². The summed E-state index contributed by atoms with van der Waals surface area (Å²) in [6, 6.07) is 8.72. The predicted octanol–water partition coefficient (Wildman–Crippen LogP) is 1.76. The predicted molar refractivity (Wildman–Crippen MR) is 82.4 cm³/mol. The summed E-state index contributed by atoms with van der Waals surface area (Å²) < 4.78 is 15.8. The van der Waals surface area contributed by atoms with Crippen molar-refractivity contribution in [2.75, 3.05) is 14.2 Å². The van der Waals surface area contributed by atoms with Crippen LogP contribution in [0.5, 0.6) is 23.0 Å². The Bertz CT molecular complexity index is 784. The summed E-state index contributed by atoms with van der Waals surface area (Å²) in [4.78, 5) is 12.7. The van der Waals surface area contributed by atoms with Gasteiger partial charge in [-0.1, -0.05) is 12.1 Å². The molecule has 0 saturated heterocycles. The summed E-state index contributed by atoms with van der Waals surface area (Å²) in [5.74, 6) is -3.40. The van der Waals surface area contributed by atoms with Gasteiger partial charge in [-0.15, -0.1) is 0 Å². The third-order valence-corrected chi connectivity index (χ3v) is 3.95. The number of hydrogen-bond acceptors (Lipinski definition) is 7. The molecule has 7 nitrogen and oxygen atoms in total. The fourth-order valence-electron chi connectivity index (χ4n) is 2.69. The molecular formula is C17H16O7. The van der Waals surface area contributed by atoms with Crippen LogP contribution in [0.3, 0.4) is 0 Å². The first-order chi connectivity index (χ1) is 11.4. The first kappa shape index (κ1) is 16.1. The van der Waals surface area contributed by atoms with Crippen LogP contribution in [0.15, 0.2) is 36.4 Å². The minimum atomic E-state index is -2.32. The Morgan fingerprint density at radius 2 is 1.79 bits per heavy atom. The number of ether oxygens (including phenoxy) is 3. The van der Waals surface area contributed by atoms with E-state index in [4.69, 9.17) is 14.2 Å². The lowest BCUT2D eigenvalue weighted by atomic mass is 9.89. The second-order valence-corrected chi connectivity index (χ2v) is 5.34. The Morgan fingerprint density at radius 1 is 1.12 bits per heavy atom. The van der Waals surface area contributed by atoms with Crippen LogP contribution >= 0.6 is 0 Å². The van der Waals surface area contributed by atoms with Crippen molar-refractivity contribution in [3.63, 3.8) is 0 Å². The summed E-state index contributed by atoms with van der Waals surface area (Å²) in [5.41, 5.74) is 0.212. The second-order valence-electron chi connectivity index (χ2n) is 5.34. The van der Waals surface area contributed by atoms with E-state index in [-0.39, 0.29) is 17.1 Å². The molecule has 2 unspecified atom stereocenters. The van der Waals surface area contributed by atoms with Crippen molar-refractivity contribution >= 4 is 5.78 Å². The number of rotatable bonds is 3. The molecule has 0 fully saturated rings. The Kier molecular flexibility index (Phi) is 3.82. The van der Waals surface area contributed by atoms with Crippen molar-refractivity contribution in [3.8, 4) is 23.0 Å². The van der Waals surface area contributed by atoms with Crippen LogP contribution in [-0.2, 0) is 4.74 Å². The zero-order chi connectivity index (χ0) is 17.5. The molecule has 2 aromatic rings. The van der Waals surface area contributed by atoms with E-state index in [1.54, 1.807) is 24.3 Å². The molecule has 24 heavy (non-hydrogen) atoms. The van der Waals surface area contributed by atoms with Gasteiger partial charge in [0.05, 0.1) is 7.11 Å². The fraction of sp³-hybridized carbons (Fsp3) is 0.235. The van der Waals surface area contributed by atoms with Crippen molar-refractivity contribution in [2.45, 2.75) is 11.9 Å². The molecule has 1 heterocycles. The quantitative estimate of drug-likeness (QED) is 0.735. The molecule has 2 atom stereocenters. The van der Waals surface area contributed by atoms with Crippen LogP contribution in [0.2, 0.25) is 0 Å². The van der Waals surface area contributed by atoms with Crippen LogP contribution < -0.4 is 9.47 Å². The largest absolute Gasteiger partial charge is 0.508 e. The van der Waals surface area contributed by atoms with Gasteiger partial charge in [0.15, 0.2) is 6.10 Å². The Balaban J connectivity index is 2.13. The van der Waals surface area contributed by atoms with Gasteiger partial charge in [0.25, 0.3) is 5.79 Å². The smallest absolute Gasteiger partial charge is 0.274 e. The van der Waals surface area contributed by atoms with E-state index in [9.17, 15) is 20.1 Å². The SMILES string of the molecule is COc1ccc(C2Oc3cc(O)cc(O)c3C(=O)C2(O)OC)cc1. The topological polar surface area (TPSA) is 105 Å². The Hall–Kier alpha value is -2.77. The lowest BCUT2D eigenvalue weighted by molar-refractivity contribution is -0.205. The monoisotopic (exact) mass is 332 g/mol. The van der Waals surface area contributed by atoms with Crippen molar-refractivity contribution in [2.24, 2.45) is 0 Å². The minimum Gasteiger partial charge on any atom is -0.508 e. The van der Waals surface area contributed by atoms with Crippen LogP contribution in [0.1, 0.15) is 22.0 Å². The number of Topliss-reactive ketones (excluding diaryl/α,β-unsaturated/α-hetero) is 1. The number of aromatic hydroxyl groups is 2.